The minimum Gasteiger partial charge on any atom is -0.358 e. The van der Waals surface area contributed by atoms with E-state index in [4.69, 9.17) is 0 Å². The zero-order valence-electron chi connectivity index (χ0n) is 13.8. The summed E-state index contributed by atoms with van der Waals surface area (Å²) in [6.07, 6.45) is 6.94. The van der Waals surface area contributed by atoms with Crippen LogP contribution < -0.4 is 10.2 Å². The molecule has 1 N–H and O–H groups in total. The van der Waals surface area contributed by atoms with Gasteiger partial charge in [0.2, 0.25) is 0 Å². The van der Waals surface area contributed by atoms with Crippen molar-refractivity contribution >= 4 is 5.82 Å². The SMILES string of the molecule is CC(C)CNCc1ccc(N(C)CC2CCCCC2)nn1. The van der Waals surface area contributed by atoms with Crippen LogP contribution in [0, 0.1) is 11.8 Å². The van der Waals surface area contributed by atoms with Gasteiger partial charge in [0.05, 0.1) is 5.69 Å². The van der Waals surface area contributed by atoms with Crippen molar-refractivity contribution in [2.45, 2.75) is 52.5 Å². The van der Waals surface area contributed by atoms with Crippen molar-refractivity contribution in [1.29, 1.82) is 0 Å². The fraction of sp³-hybridized carbons (Fsp3) is 0.765. The summed E-state index contributed by atoms with van der Waals surface area (Å²) >= 11 is 0. The molecular formula is C17H30N4. The lowest BCUT2D eigenvalue weighted by atomic mass is 9.89. The minimum atomic E-state index is 0.666. The Bertz CT molecular complexity index is 396. The molecule has 1 aliphatic rings. The van der Waals surface area contributed by atoms with E-state index in [1.54, 1.807) is 0 Å². The average molecular weight is 290 g/mol. The van der Waals surface area contributed by atoms with Gasteiger partial charge in [-0.3, -0.25) is 0 Å². The Hall–Kier alpha value is -1.16. The van der Waals surface area contributed by atoms with E-state index in [1.165, 1.54) is 32.1 Å². The van der Waals surface area contributed by atoms with Crippen LogP contribution in [-0.4, -0.2) is 30.3 Å². The molecule has 1 aromatic heterocycles. The summed E-state index contributed by atoms with van der Waals surface area (Å²) in [6.45, 7) is 7.35. The van der Waals surface area contributed by atoms with Gasteiger partial charge in [0, 0.05) is 20.1 Å². The first kappa shape index (κ1) is 16.2. The molecule has 0 radical (unpaired) electrons. The maximum absolute atomic E-state index is 4.38. The molecule has 0 aliphatic heterocycles. The van der Waals surface area contributed by atoms with Crippen molar-refractivity contribution in [3.05, 3.63) is 17.8 Å². The number of anilines is 1. The molecular weight excluding hydrogens is 260 g/mol. The second-order valence-corrected chi connectivity index (χ2v) is 6.79. The largest absolute Gasteiger partial charge is 0.358 e. The highest BCUT2D eigenvalue weighted by Gasteiger charge is 2.16. The Morgan fingerprint density at radius 3 is 2.57 bits per heavy atom. The number of aromatic nitrogens is 2. The molecule has 21 heavy (non-hydrogen) atoms. The molecule has 0 unspecified atom stereocenters. The quantitative estimate of drug-likeness (QED) is 0.837. The zero-order chi connectivity index (χ0) is 15.1. The van der Waals surface area contributed by atoms with E-state index in [9.17, 15) is 0 Å². The standard InChI is InChI=1S/C17H30N4/c1-14(2)11-18-12-16-9-10-17(20-19-16)21(3)13-15-7-5-4-6-8-15/h9-10,14-15,18H,4-8,11-13H2,1-3H3. The normalized spacial score (nSPS) is 16.4. The molecule has 1 aliphatic carbocycles. The van der Waals surface area contributed by atoms with Crippen LogP contribution in [-0.2, 0) is 6.54 Å². The van der Waals surface area contributed by atoms with Crippen LogP contribution in [0.5, 0.6) is 0 Å². The first-order valence-electron chi connectivity index (χ1n) is 8.39. The van der Waals surface area contributed by atoms with Gasteiger partial charge in [-0.1, -0.05) is 33.1 Å². The van der Waals surface area contributed by atoms with Crippen LogP contribution in [0.1, 0.15) is 51.6 Å². The fourth-order valence-electron chi connectivity index (χ4n) is 2.99. The third-order valence-corrected chi connectivity index (χ3v) is 4.21. The molecule has 1 heterocycles. The van der Waals surface area contributed by atoms with Crippen molar-refractivity contribution in [2.75, 3.05) is 25.0 Å². The van der Waals surface area contributed by atoms with Crippen molar-refractivity contribution in [2.24, 2.45) is 11.8 Å². The smallest absolute Gasteiger partial charge is 0.150 e. The van der Waals surface area contributed by atoms with E-state index in [0.29, 0.717) is 5.92 Å². The Morgan fingerprint density at radius 1 is 1.19 bits per heavy atom. The lowest BCUT2D eigenvalue weighted by molar-refractivity contribution is 0.361. The lowest BCUT2D eigenvalue weighted by Crippen LogP contribution is -2.28. The average Bonchev–Trinajstić information content (AvgIpc) is 2.48. The minimum absolute atomic E-state index is 0.666. The molecule has 0 atom stereocenters. The highest BCUT2D eigenvalue weighted by atomic mass is 15.2. The van der Waals surface area contributed by atoms with Crippen molar-refractivity contribution in [3.63, 3.8) is 0 Å². The molecule has 4 heteroatoms. The summed E-state index contributed by atoms with van der Waals surface area (Å²) in [5.41, 5.74) is 1.02. The Labute approximate surface area is 129 Å². The molecule has 2 rings (SSSR count). The number of hydrogen-bond acceptors (Lipinski definition) is 4. The molecule has 4 nitrogen and oxygen atoms in total. The van der Waals surface area contributed by atoms with Crippen LogP contribution in [0.3, 0.4) is 0 Å². The van der Waals surface area contributed by atoms with Crippen LogP contribution in [0.25, 0.3) is 0 Å². The predicted molar refractivity (Wildman–Crippen MR) is 88.4 cm³/mol. The Morgan fingerprint density at radius 2 is 1.95 bits per heavy atom. The lowest BCUT2D eigenvalue weighted by Gasteiger charge is -2.27. The van der Waals surface area contributed by atoms with Gasteiger partial charge in [-0.2, -0.15) is 5.10 Å². The second-order valence-electron chi connectivity index (χ2n) is 6.79. The maximum atomic E-state index is 4.38. The van der Waals surface area contributed by atoms with E-state index in [1.807, 2.05) is 0 Å². The second kappa shape index (κ2) is 8.32. The summed E-state index contributed by atoms with van der Waals surface area (Å²) in [6, 6.07) is 4.19. The van der Waals surface area contributed by atoms with E-state index in [2.05, 4.69) is 53.4 Å². The van der Waals surface area contributed by atoms with Gasteiger partial charge < -0.3 is 10.2 Å². The number of nitrogens with one attached hydrogen (secondary N) is 1. The third kappa shape index (κ3) is 5.62. The van der Waals surface area contributed by atoms with Crippen molar-refractivity contribution < 1.29 is 0 Å². The summed E-state index contributed by atoms with van der Waals surface area (Å²) < 4.78 is 0. The van der Waals surface area contributed by atoms with Gasteiger partial charge in [0.25, 0.3) is 0 Å². The molecule has 0 aromatic carbocycles. The zero-order valence-corrected chi connectivity index (χ0v) is 13.8. The molecule has 0 spiro atoms. The van der Waals surface area contributed by atoms with Crippen LogP contribution in [0.4, 0.5) is 5.82 Å². The molecule has 1 aromatic rings. The first-order chi connectivity index (χ1) is 10.1. The van der Waals surface area contributed by atoms with Crippen LogP contribution >= 0.6 is 0 Å². The number of rotatable bonds is 7. The third-order valence-electron chi connectivity index (χ3n) is 4.21. The van der Waals surface area contributed by atoms with Gasteiger partial charge in [0.1, 0.15) is 0 Å². The predicted octanol–water partition coefficient (Wildman–Crippen LogP) is 3.24. The van der Waals surface area contributed by atoms with Gasteiger partial charge in [-0.25, -0.2) is 0 Å². The van der Waals surface area contributed by atoms with E-state index >= 15 is 0 Å². The Balaban J connectivity index is 1.80. The molecule has 0 saturated heterocycles. The molecule has 1 saturated carbocycles. The first-order valence-corrected chi connectivity index (χ1v) is 8.39. The van der Waals surface area contributed by atoms with E-state index < -0.39 is 0 Å². The summed E-state index contributed by atoms with van der Waals surface area (Å²) in [5.74, 6) is 2.49. The van der Waals surface area contributed by atoms with Crippen molar-refractivity contribution in [1.82, 2.24) is 15.5 Å². The van der Waals surface area contributed by atoms with E-state index in [0.717, 1.165) is 37.1 Å². The topological polar surface area (TPSA) is 41.0 Å². The highest BCUT2D eigenvalue weighted by molar-refractivity contribution is 5.36. The number of nitrogens with zero attached hydrogens (tertiary/aromatic N) is 3. The molecule has 0 bridgehead atoms. The van der Waals surface area contributed by atoms with E-state index in [-0.39, 0.29) is 0 Å². The summed E-state index contributed by atoms with van der Waals surface area (Å²) in [4.78, 5) is 2.26. The highest BCUT2D eigenvalue weighted by Crippen LogP contribution is 2.25. The van der Waals surface area contributed by atoms with Gasteiger partial charge in [0.15, 0.2) is 5.82 Å². The van der Waals surface area contributed by atoms with Gasteiger partial charge in [-0.15, -0.1) is 5.10 Å². The summed E-state index contributed by atoms with van der Waals surface area (Å²) in [7, 11) is 2.13. The Kier molecular flexibility index (Phi) is 6.43. The monoisotopic (exact) mass is 290 g/mol. The molecule has 0 amide bonds. The molecule has 118 valence electrons. The fourth-order valence-corrected chi connectivity index (χ4v) is 2.99. The number of hydrogen-bond donors (Lipinski definition) is 1. The summed E-state index contributed by atoms with van der Waals surface area (Å²) in [5, 5.41) is 12.1. The van der Waals surface area contributed by atoms with Gasteiger partial charge >= 0.3 is 0 Å². The van der Waals surface area contributed by atoms with Crippen LogP contribution in [0.15, 0.2) is 12.1 Å². The van der Waals surface area contributed by atoms with Crippen LogP contribution in [0.2, 0.25) is 0 Å². The molecule has 1 fully saturated rings. The van der Waals surface area contributed by atoms with Gasteiger partial charge in [-0.05, 0) is 43.4 Å². The maximum Gasteiger partial charge on any atom is 0.150 e. The van der Waals surface area contributed by atoms with Crippen molar-refractivity contribution in [3.8, 4) is 0 Å².